The lowest BCUT2D eigenvalue weighted by Gasteiger charge is -2.19. The van der Waals surface area contributed by atoms with Crippen molar-refractivity contribution >= 4 is 33.4 Å². The molecule has 206 valence electrons. The SMILES string of the molecule is Cc1cc(C)cc(C(=O)C(C)[S+]2CCCCC2)c1.O=C(C[S+]1CCCC1)c1ccc(Oc2ccccc2)cc1. The third-order valence-corrected chi connectivity index (χ3v) is 12.5. The van der Waals surface area contributed by atoms with E-state index in [0.717, 1.165) is 28.4 Å². The van der Waals surface area contributed by atoms with Crippen molar-refractivity contribution in [3.8, 4) is 11.5 Å². The number of benzene rings is 3. The molecule has 2 heterocycles. The molecule has 0 aromatic heterocycles. The Labute approximate surface area is 240 Å². The van der Waals surface area contributed by atoms with E-state index in [2.05, 4.69) is 26.8 Å². The summed E-state index contributed by atoms with van der Waals surface area (Å²) in [6.45, 7) is 6.27. The van der Waals surface area contributed by atoms with Crippen LogP contribution >= 0.6 is 0 Å². The molecule has 0 aliphatic carbocycles. The van der Waals surface area contributed by atoms with E-state index >= 15 is 0 Å². The highest BCUT2D eigenvalue weighted by Crippen LogP contribution is 2.23. The third-order valence-electron chi connectivity index (χ3n) is 7.29. The average molecular weight is 563 g/mol. The number of para-hydroxylation sites is 1. The quantitative estimate of drug-likeness (QED) is 0.208. The monoisotopic (exact) mass is 562 g/mol. The Bertz CT molecular complexity index is 1190. The second-order valence-corrected chi connectivity index (χ2v) is 15.6. The largest absolute Gasteiger partial charge is 0.457 e. The van der Waals surface area contributed by atoms with Crippen LogP contribution in [0.3, 0.4) is 0 Å². The first-order valence-electron chi connectivity index (χ1n) is 14.2. The van der Waals surface area contributed by atoms with Gasteiger partial charge in [0.2, 0.25) is 11.6 Å². The molecular weight excluding hydrogens is 521 g/mol. The summed E-state index contributed by atoms with van der Waals surface area (Å²) >= 11 is 0. The van der Waals surface area contributed by atoms with Gasteiger partial charge in [0, 0.05) is 11.1 Å². The number of ketones is 2. The van der Waals surface area contributed by atoms with Gasteiger partial charge in [-0.05, 0) is 123 Å². The number of hydrogen-bond acceptors (Lipinski definition) is 3. The van der Waals surface area contributed by atoms with Crippen LogP contribution in [0, 0.1) is 13.8 Å². The summed E-state index contributed by atoms with van der Waals surface area (Å²) in [5, 5.41) is 0.214. The van der Waals surface area contributed by atoms with E-state index in [0.29, 0.717) is 27.6 Å². The van der Waals surface area contributed by atoms with Crippen molar-refractivity contribution < 1.29 is 14.3 Å². The van der Waals surface area contributed by atoms with E-state index in [1.54, 1.807) is 0 Å². The molecule has 2 aliphatic rings. The number of carbonyl (C=O) groups excluding carboxylic acids is 2. The van der Waals surface area contributed by atoms with Gasteiger partial charge in [-0.3, -0.25) is 9.59 Å². The number of aryl methyl sites for hydroxylation is 2. The number of Topliss-reactive ketones (excluding diaryl/α,β-unsaturated/α-hetero) is 2. The Kier molecular flexibility index (Phi) is 11.2. The van der Waals surface area contributed by atoms with Crippen LogP contribution in [0.2, 0.25) is 0 Å². The molecule has 39 heavy (non-hydrogen) atoms. The molecule has 2 aliphatic heterocycles. The van der Waals surface area contributed by atoms with Gasteiger partial charge in [-0.2, -0.15) is 0 Å². The first kappa shape index (κ1) is 29.5. The fourth-order valence-electron chi connectivity index (χ4n) is 5.17. The number of hydrogen-bond donors (Lipinski definition) is 0. The molecule has 1 unspecified atom stereocenters. The molecule has 0 radical (unpaired) electrons. The standard InChI is InChI=1S/C18H19O2S.C16H23OS/c19-18(14-21-12-4-5-13-21)15-8-10-17(11-9-15)20-16-6-2-1-3-7-16;1-12-9-13(2)11-15(10-12)16(17)14(3)18-7-5-4-6-8-18/h1-3,6-11H,4-5,12-14H2;9-11,14H,4-8H2,1-3H3/q2*+1. The lowest BCUT2D eigenvalue weighted by atomic mass is 10.0. The molecule has 3 nitrogen and oxygen atoms in total. The fourth-order valence-corrected chi connectivity index (χ4v) is 9.93. The zero-order chi connectivity index (χ0) is 27.6. The molecule has 0 bridgehead atoms. The summed E-state index contributed by atoms with van der Waals surface area (Å²) in [4.78, 5) is 24.8. The highest BCUT2D eigenvalue weighted by atomic mass is 32.2. The van der Waals surface area contributed by atoms with Gasteiger partial charge < -0.3 is 4.74 Å². The van der Waals surface area contributed by atoms with E-state index in [9.17, 15) is 9.59 Å². The number of rotatable bonds is 8. The van der Waals surface area contributed by atoms with Crippen molar-refractivity contribution in [3.63, 3.8) is 0 Å². The van der Waals surface area contributed by atoms with Crippen LogP contribution in [0.1, 0.15) is 70.9 Å². The third kappa shape index (κ3) is 9.01. The van der Waals surface area contributed by atoms with Crippen LogP contribution in [0.15, 0.2) is 72.8 Å². The Morgan fingerprint density at radius 2 is 1.28 bits per heavy atom. The van der Waals surface area contributed by atoms with Crippen molar-refractivity contribution in [1.29, 1.82) is 0 Å². The second kappa shape index (κ2) is 14.8. The van der Waals surface area contributed by atoms with E-state index in [1.807, 2.05) is 66.7 Å². The number of carbonyl (C=O) groups is 2. The van der Waals surface area contributed by atoms with Crippen LogP contribution in [-0.4, -0.2) is 45.6 Å². The van der Waals surface area contributed by atoms with Crippen LogP contribution < -0.4 is 4.74 Å². The molecule has 0 amide bonds. The molecule has 5 heteroatoms. The van der Waals surface area contributed by atoms with Crippen LogP contribution in [-0.2, 0) is 21.8 Å². The minimum Gasteiger partial charge on any atom is -0.457 e. The van der Waals surface area contributed by atoms with Gasteiger partial charge in [0.15, 0.2) is 11.0 Å². The van der Waals surface area contributed by atoms with Gasteiger partial charge in [0.25, 0.3) is 0 Å². The first-order chi connectivity index (χ1) is 18.9. The Balaban J connectivity index is 0.000000183. The molecule has 0 spiro atoms. The average Bonchev–Trinajstić information content (AvgIpc) is 3.46. The normalized spacial score (nSPS) is 16.7. The van der Waals surface area contributed by atoms with Crippen LogP contribution in [0.4, 0.5) is 0 Å². The van der Waals surface area contributed by atoms with E-state index in [1.165, 1.54) is 66.2 Å². The van der Waals surface area contributed by atoms with Crippen molar-refractivity contribution in [2.75, 3.05) is 28.8 Å². The van der Waals surface area contributed by atoms with Crippen molar-refractivity contribution in [2.24, 2.45) is 0 Å². The molecule has 2 fully saturated rings. The fraction of sp³-hybridized carbons (Fsp3) is 0.412. The predicted octanol–water partition coefficient (Wildman–Crippen LogP) is 7.75. The van der Waals surface area contributed by atoms with E-state index in [-0.39, 0.29) is 11.0 Å². The van der Waals surface area contributed by atoms with Crippen molar-refractivity contribution in [1.82, 2.24) is 0 Å². The zero-order valence-corrected chi connectivity index (χ0v) is 25.3. The maximum atomic E-state index is 12.6. The molecule has 3 aromatic carbocycles. The molecule has 5 rings (SSSR count). The highest BCUT2D eigenvalue weighted by Gasteiger charge is 2.34. The van der Waals surface area contributed by atoms with E-state index < -0.39 is 0 Å². The summed E-state index contributed by atoms with van der Waals surface area (Å²) in [6, 6.07) is 23.4. The summed E-state index contributed by atoms with van der Waals surface area (Å²) < 4.78 is 5.74. The van der Waals surface area contributed by atoms with Gasteiger partial charge in [0.1, 0.15) is 34.5 Å². The topological polar surface area (TPSA) is 43.4 Å². The smallest absolute Gasteiger partial charge is 0.214 e. The lowest BCUT2D eigenvalue weighted by molar-refractivity contribution is 0.0990. The highest BCUT2D eigenvalue weighted by molar-refractivity contribution is 7.98. The van der Waals surface area contributed by atoms with Gasteiger partial charge in [0.05, 0.1) is 0 Å². The Morgan fingerprint density at radius 1 is 0.718 bits per heavy atom. The minimum absolute atomic E-state index is 0.214. The minimum atomic E-state index is 0.214. The summed E-state index contributed by atoms with van der Waals surface area (Å²) in [5.74, 6) is 7.92. The summed E-state index contributed by atoms with van der Waals surface area (Å²) in [7, 11) is 0.642. The van der Waals surface area contributed by atoms with Gasteiger partial charge in [-0.15, -0.1) is 0 Å². The van der Waals surface area contributed by atoms with Crippen LogP contribution in [0.5, 0.6) is 11.5 Å². The summed E-state index contributed by atoms with van der Waals surface area (Å²) in [5.41, 5.74) is 4.10. The van der Waals surface area contributed by atoms with E-state index in [4.69, 9.17) is 4.74 Å². The van der Waals surface area contributed by atoms with Gasteiger partial charge in [-0.25, -0.2) is 0 Å². The molecular formula is C34H42O3S2+2. The Hall–Kier alpha value is -2.50. The maximum absolute atomic E-state index is 12.6. The maximum Gasteiger partial charge on any atom is 0.214 e. The molecule has 2 saturated heterocycles. The lowest BCUT2D eigenvalue weighted by Crippen LogP contribution is -2.34. The second-order valence-electron chi connectivity index (χ2n) is 10.6. The molecule has 3 aromatic rings. The van der Waals surface area contributed by atoms with Crippen molar-refractivity contribution in [3.05, 3.63) is 95.1 Å². The number of ether oxygens (including phenoxy) is 1. The first-order valence-corrected chi connectivity index (χ1v) is 17.5. The van der Waals surface area contributed by atoms with Gasteiger partial charge >= 0.3 is 0 Å². The molecule has 0 N–H and O–H groups in total. The molecule has 1 atom stereocenters. The zero-order valence-electron chi connectivity index (χ0n) is 23.6. The Morgan fingerprint density at radius 3 is 1.90 bits per heavy atom. The van der Waals surface area contributed by atoms with Crippen molar-refractivity contribution in [2.45, 2.75) is 58.1 Å². The predicted molar refractivity (Wildman–Crippen MR) is 169 cm³/mol. The summed E-state index contributed by atoms with van der Waals surface area (Å²) in [6.07, 6.45) is 6.57. The molecule has 0 saturated carbocycles. The van der Waals surface area contributed by atoms with Gasteiger partial charge in [-0.1, -0.05) is 35.4 Å². The van der Waals surface area contributed by atoms with Crippen LogP contribution in [0.25, 0.3) is 0 Å².